The first-order chi connectivity index (χ1) is 34.5. The first-order valence-electron chi connectivity index (χ1n) is 28.2. The zero-order valence-electron chi connectivity index (χ0n) is 45.0. The molecule has 0 fully saturated rings. The van der Waals surface area contributed by atoms with Gasteiger partial charge in [-0.05, 0) is 116 Å². The fourth-order valence-corrected chi connectivity index (χ4v) is 7.18. The Bertz CT molecular complexity index is 1530. The molecule has 0 aromatic carbocycles. The summed E-state index contributed by atoms with van der Waals surface area (Å²) < 4.78 is 16.6. The van der Waals surface area contributed by atoms with Gasteiger partial charge in [0.1, 0.15) is 13.2 Å². The average Bonchev–Trinajstić information content (AvgIpc) is 3.36. The number of unbranched alkanes of at least 4 members (excludes halogenated alkanes) is 16. The molecule has 0 spiro atoms. The smallest absolute Gasteiger partial charge is 0.306 e. The number of carbonyl (C=O) groups excluding carboxylic acids is 3. The zero-order valence-corrected chi connectivity index (χ0v) is 45.0. The van der Waals surface area contributed by atoms with Crippen LogP contribution in [0, 0.1) is 0 Å². The molecule has 0 rings (SSSR count). The van der Waals surface area contributed by atoms with Gasteiger partial charge in [-0.15, -0.1) is 0 Å². The van der Waals surface area contributed by atoms with Gasteiger partial charge < -0.3 is 14.2 Å². The molecule has 0 heterocycles. The van der Waals surface area contributed by atoms with Crippen LogP contribution in [-0.2, 0) is 28.6 Å². The predicted octanol–water partition coefficient (Wildman–Crippen LogP) is 19.0. The molecular weight excluding hydrogens is 865 g/mol. The number of ether oxygens (including phenoxy) is 3. The Morgan fingerprint density at radius 3 is 0.943 bits per heavy atom. The van der Waals surface area contributed by atoms with Crippen LogP contribution in [0.25, 0.3) is 0 Å². The highest BCUT2D eigenvalue weighted by Gasteiger charge is 2.19. The summed E-state index contributed by atoms with van der Waals surface area (Å²) >= 11 is 0. The third-order valence-corrected chi connectivity index (χ3v) is 11.4. The molecule has 0 bridgehead atoms. The minimum Gasteiger partial charge on any atom is -0.462 e. The van der Waals surface area contributed by atoms with Gasteiger partial charge in [0.05, 0.1) is 0 Å². The monoisotopic (exact) mass is 967 g/mol. The molecule has 0 aliphatic heterocycles. The van der Waals surface area contributed by atoms with E-state index in [0.717, 1.165) is 128 Å². The van der Waals surface area contributed by atoms with Gasteiger partial charge in [0, 0.05) is 19.3 Å². The summed E-state index contributed by atoms with van der Waals surface area (Å²) in [5, 5.41) is 0. The van der Waals surface area contributed by atoms with Crippen LogP contribution in [0.5, 0.6) is 0 Å². The molecule has 394 valence electrons. The molecule has 0 aromatic rings. The summed E-state index contributed by atoms with van der Waals surface area (Å²) in [5.74, 6) is -0.995. The van der Waals surface area contributed by atoms with E-state index >= 15 is 0 Å². The maximum absolute atomic E-state index is 12.8. The average molecular weight is 968 g/mol. The van der Waals surface area contributed by atoms with Crippen molar-refractivity contribution in [3.8, 4) is 0 Å². The summed E-state index contributed by atoms with van der Waals surface area (Å²) in [6, 6.07) is 0. The highest BCUT2D eigenvalue weighted by Crippen LogP contribution is 2.13. The van der Waals surface area contributed by atoms with E-state index in [0.29, 0.717) is 19.3 Å². The second kappa shape index (κ2) is 57.1. The second-order valence-electron chi connectivity index (χ2n) is 18.1. The van der Waals surface area contributed by atoms with Crippen LogP contribution in [0.2, 0.25) is 0 Å². The number of carbonyl (C=O) groups is 3. The van der Waals surface area contributed by atoms with Crippen molar-refractivity contribution in [1.82, 2.24) is 0 Å². The molecule has 1 unspecified atom stereocenters. The number of allylic oxidation sites excluding steroid dienone is 22. The van der Waals surface area contributed by atoms with Crippen LogP contribution in [-0.4, -0.2) is 37.2 Å². The maximum Gasteiger partial charge on any atom is 0.306 e. The molecule has 0 radical (unpaired) electrons. The molecule has 0 saturated heterocycles. The Morgan fingerprint density at radius 1 is 0.300 bits per heavy atom. The Balaban J connectivity index is 4.26. The van der Waals surface area contributed by atoms with E-state index in [4.69, 9.17) is 14.2 Å². The largest absolute Gasteiger partial charge is 0.462 e. The van der Waals surface area contributed by atoms with Gasteiger partial charge in [-0.25, -0.2) is 0 Å². The lowest BCUT2D eigenvalue weighted by Crippen LogP contribution is -2.30. The Morgan fingerprint density at radius 2 is 0.571 bits per heavy atom. The van der Waals surface area contributed by atoms with E-state index in [1.807, 2.05) is 0 Å². The van der Waals surface area contributed by atoms with E-state index in [1.165, 1.54) is 57.8 Å². The minimum atomic E-state index is -0.806. The molecule has 0 aliphatic carbocycles. The summed E-state index contributed by atoms with van der Waals surface area (Å²) in [6.45, 7) is 6.35. The van der Waals surface area contributed by atoms with Crippen molar-refractivity contribution in [3.63, 3.8) is 0 Å². The van der Waals surface area contributed by atoms with Crippen molar-refractivity contribution < 1.29 is 28.6 Å². The SMILES string of the molecule is CC/C=C\C/C=C\C/C=C\C/C=C\C/C=C\C/C=C\C/C=C\C/C=C\C/C=C\CCCC(=O)OCC(COC(=O)CCCCCCC)OC(=O)CCCCCCCCC/C=C\C/C=C\CCCCCC. The third-order valence-electron chi connectivity index (χ3n) is 11.4. The number of hydrogen-bond donors (Lipinski definition) is 0. The van der Waals surface area contributed by atoms with Crippen LogP contribution in [0.1, 0.15) is 233 Å². The van der Waals surface area contributed by atoms with E-state index in [9.17, 15) is 14.4 Å². The van der Waals surface area contributed by atoms with Crippen molar-refractivity contribution in [3.05, 3.63) is 134 Å². The maximum atomic E-state index is 12.8. The molecule has 0 amide bonds. The van der Waals surface area contributed by atoms with E-state index in [-0.39, 0.29) is 37.5 Å². The Hall–Kier alpha value is -4.45. The molecule has 6 heteroatoms. The molecule has 0 saturated carbocycles. The Kier molecular flexibility index (Phi) is 53.5. The number of rotatable bonds is 49. The second-order valence-corrected chi connectivity index (χ2v) is 18.1. The first kappa shape index (κ1) is 65.5. The number of esters is 3. The lowest BCUT2D eigenvalue weighted by Gasteiger charge is -2.18. The first-order valence-corrected chi connectivity index (χ1v) is 28.2. The van der Waals surface area contributed by atoms with Crippen molar-refractivity contribution in [2.24, 2.45) is 0 Å². The fraction of sp³-hybridized carbons (Fsp3) is 0.609. The Labute approximate surface area is 430 Å². The molecule has 1 atom stereocenters. The van der Waals surface area contributed by atoms with Crippen LogP contribution >= 0.6 is 0 Å². The molecule has 0 aliphatic rings. The predicted molar refractivity (Wildman–Crippen MR) is 302 cm³/mol. The molecule has 6 nitrogen and oxygen atoms in total. The number of hydrogen-bond acceptors (Lipinski definition) is 6. The fourth-order valence-electron chi connectivity index (χ4n) is 7.18. The standard InChI is InChI=1S/C64H102O6/c1-4-7-10-13-15-17-19-21-23-25-27-28-29-30-31-32-33-34-35-36-37-39-40-42-44-46-48-51-54-57-63(66)69-60-61(59-68-62(65)56-53-50-12-9-6-3)70-64(67)58-55-52-49-47-45-43-41-38-26-24-22-20-18-16-14-11-8-5-2/h7,10,15,17-18,20-21,23-24,26-28,30-31,33-34,36-37,40,42,46,48,61H,4-6,8-9,11-14,16,19,22,25,29,32,35,38-39,41,43-45,47,49-60H2,1-3H3/b10-7-,17-15-,20-18-,23-21-,26-24-,28-27-,31-30-,34-33-,37-36-,42-40-,48-46-. The summed E-state index contributed by atoms with van der Waals surface area (Å²) in [5.41, 5.74) is 0. The van der Waals surface area contributed by atoms with Crippen molar-refractivity contribution in [1.29, 1.82) is 0 Å². The van der Waals surface area contributed by atoms with E-state index < -0.39 is 6.10 Å². The van der Waals surface area contributed by atoms with E-state index in [2.05, 4.69) is 154 Å². The quantitative estimate of drug-likeness (QED) is 0.0262. The third kappa shape index (κ3) is 54.5. The summed E-state index contributed by atoms with van der Waals surface area (Å²) in [6.07, 6.45) is 80.6. The van der Waals surface area contributed by atoms with Crippen molar-refractivity contribution in [2.45, 2.75) is 239 Å². The summed E-state index contributed by atoms with van der Waals surface area (Å²) in [7, 11) is 0. The van der Waals surface area contributed by atoms with Gasteiger partial charge in [0.2, 0.25) is 0 Å². The summed E-state index contributed by atoms with van der Waals surface area (Å²) in [4.78, 5) is 37.7. The highest BCUT2D eigenvalue weighted by molar-refractivity contribution is 5.71. The van der Waals surface area contributed by atoms with Gasteiger partial charge in [0.25, 0.3) is 0 Å². The van der Waals surface area contributed by atoms with Gasteiger partial charge in [-0.1, -0.05) is 231 Å². The molecular formula is C64H102O6. The molecule has 0 aromatic heterocycles. The highest BCUT2D eigenvalue weighted by atomic mass is 16.6. The van der Waals surface area contributed by atoms with Crippen LogP contribution < -0.4 is 0 Å². The molecule has 70 heavy (non-hydrogen) atoms. The topological polar surface area (TPSA) is 78.9 Å². The normalized spacial score (nSPS) is 13.1. The van der Waals surface area contributed by atoms with Crippen molar-refractivity contribution in [2.75, 3.05) is 13.2 Å². The van der Waals surface area contributed by atoms with Crippen LogP contribution in [0.15, 0.2) is 134 Å². The van der Waals surface area contributed by atoms with Gasteiger partial charge in [-0.3, -0.25) is 14.4 Å². The van der Waals surface area contributed by atoms with Crippen LogP contribution in [0.3, 0.4) is 0 Å². The van der Waals surface area contributed by atoms with Gasteiger partial charge in [-0.2, -0.15) is 0 Å². The van der Waals surface area contributed by atoms with E-state index in [1.54, 1.807) is 0 Å². The van der Waals surface area contributed by atoms with Gasteiger partial charge >= 0.3 is 17.9 Å². The lowest BCUT2D eigenvalue weighted by atomic mass is 10.1. The minimum absolute atomic E-state index is 0.104. The van der Waals surface area contributed by atoms with Gasteiger partial charge in [0.15, 0.2) is 6.10 Å². The molecule has 0 N–H and O–H groups in total. The zero-order chi connectivity index (χ0) is 50.7. The van der Waals surface area contributed by atoms with Crippen molar-refractivity contribution >= 4 is 17.9 Å². The van der Waals surface area contributed by atoms with Crippen LogP contribution in [0.4, 0.5) is 0 Å². The lowest BCUT2D eigenvalue weighted by molar-refractivity contribution is -0.167.